The number of anilines is 1. The molecule has 1 N–H and O–H groups in total. The Balaban J connectivity index is 1.33. The van der Waals surface area contributed by atoms with Gasteiger partial charge in [0.2, 0.25) is 0 Å². The second-order valence-electron chi connectivity index (χ2n) is 8.71. The molecule has 1 aliphatic heterocycles. The summed E-state index contributed by atoms with van der Waals surface area (Å²) in [6.07, 6.45) is 1.46. The minimum Gasteiger partial charge on any atom is -0.353 e. The number of carbonyl (C=O) groups is 2. The van der Waals surface area contributed by atoms with E-state index in [4.69, 9.17) is 0 Å². The van der Waals surface area contributed by atoms with E-state index in [1.165, 1.54) is 30.4 Å². The second-order valence-corrected chi connectivity index (χ2v) is 8.71. The van der Waals surface area contributed by atoms with Gasteiger partial charge in [-0.05, 0) is 42.7 Å². The van der Waals surface area contributed by atoms with Gasteiger partial charge in [-0.2, -0.15) is 13.2 Å². The third-order valence-corrected chi connectivity index (χ3v) is 6.48. The van der Waals surface area contributed by atoms with Crippen molar-refractivity contribution in [1.29, 1.82) is 0 Å². The molecule has 1 aromatic carbocycles. The molecule has 0 atom stereocenters. The molecule has 10 heteroatoms. The number of piperazine rings is 1. The number of alkyl halides is 3. The Morgan fingerprint density at radius 3 is 2.38 bits per heavy atom. The summed E-state index contributed by atoms with van der Waals surface area (Å²) in [6.45, 7) is 1.67. The van der Waals surface area contributed by atoms with Crippen LogP contribution in [-0.2, 0) is 6.18 Å². The Morgan fingerprint density at radius 1 is 1.06 bits per heavy atom. The highest BCUT2D eigenvalue weighted by Crippen LogP contribution is 2.33. The highest BCUT2D eigenvalue weighted by Gasteiger charge is 2.37. The van der Waals surface area contributed by atoms with Gasteiger partial charge >= 0.3 is 6.18 Å². The molecule has 2 amide bonds. The number of carbonyl (C=O) groups excluding carboxylic acids is 2. The highest BCUT2D eigenvalue weighted by molar-refractivity contribution is 5.96. The van der Waals surface area contributed by atoms with Crippen molar-refractivity contribution >= 4 is 17.6 Å². The summed E-state index contributed by atoms with van der Waals surface area (Å²) in [5.74, 6) is -0.601. The van der Waals surface area contributed by atoms with Crippen LogP contribution in [0.1, 0.15) is 52.0 Å². The van der Waals surface area contributed by atoms with E-state index in [1.54, 1.807) is 12.1 Å². The lowest BCUT2D eigenvalue weighted by Gasteiger charge is -2.35. The van der Waals surface area contributed by atoms with Gasteiger partial charge in [0.15, 0.2) is 0 Å². The minimum atomic E-state index is -4.75. The van der Waals surface area contributed by atoms with Crippen LogP contribution in [-0.4, -0.2) is 54.4 Å². The maximum Gasteiger partial charge on any atom is 0.417 e. The monoisotopic (exact) mass is 478 g/mol. The number of nitrogens with one attached hydrogen (secondary N) is 1. The molecule has 182 valence electrons. The van der Waals surface area contributed by atoms with Crippen molar-refractivity contribution in [2.75, 3.05) is 37.6 Å². The van der Waals surface area contributed by atoms with Crippen LogP contribution in [0.4, 0.5) is 23.4 Å². The summed E-state index contributed by atoms with van der Waals surface area (Å²) in [4.78, 5) is 32.5. The van der Waals surface area contributed by atoms with Gasteiger partial charge in [-0.15, -0.1) is 0 Å². The lowest BCUT2D eigenvalue weighted by atomic mass is 9.83. The topological polar surface area (TPSA) is 65.5 Å². The summed E-state index contributed by atoms with van der Waals surface area (Å²) >= 11 is 0. The maximum atomic E-state index is 13.6. The van der Waals surface area contributed by atoms with Crippen molar-refractivity contribution in [3.63, 3.8) is 0 Å². The summed E-state index contributed by atoms with van der Waals surface area (Å²) in [5, 5.41) is 2.91. The predicted octanol–water partition coefficient (Wildman–Crippen LogP) is 4.12. The van der Waals surface area contributed by atoms with E-state index in [0.717, 1.165) is 6.42 Å². The largest absolute Gasteiger partial charge is 0.417 e. The molecule has 0 spiro atoms. The van der Waals surface area contributed by atoms with Gasteiger partial charge in [0.25, 0.3) is 11.8 Å². The van der Waals surface area contributed by atoms with Gasteiger partial charge in [-0.3, -0.25) is 9.59 Å². The molecular formula is C24H26F4N4O2. The fourth-order valence-corrected chi connectivity index (χ4v) is 4.23. The molecule has 0 bridgehead atoms. The zero-order valence-corrected chi connectivity index (χ0v) is 18.6. The molecule has 2 aromatic rings. The Hall–Kier alpha value is -3.17. The van der Waals surface area contributed by atoms with E-state index < -0.39 is 29.0 Å². The van der Waals surface area contributed by atoms with E-state index in [1.807, 2.05) is 4.90 Å². The number of pyridine rings is 1. The van der Waals surface area contributed by atoms with Gasteiger partial charge < -0.3 is 15.1 Å². The van der Waals surface area contributed by atoms with Gasteiger partial charge in [-0.25, -0.2) is 9.37 Å². The number of nitrogens with zero attached hydrogens (tertiary/aromatic N) is 3. The SMILES string of the molecule is O=C(NCCC1CCC1)c1ccc(N2CCN(C(=O)c3cc(F)ccc3C(F)(F)F)CC2)nc1. The lowest BCUT2D eigenvalue weighted by molar-refractivity contribution is -0.138. The van der Waals surface area contributed by atoms with Crippen molar-refractivity contribution in [2.24, 2.45) is 5.92 Å². The molecule has 1 aromatic heterocycles. The van der Waals surface area contributed by atoms with Crippen molar-refractivity contribution in [2.45, 2.75) is 31.9 Å². The number of hydrogen-bond acceptors (Lipinski definition) is 4. The fraction of sp³-hybridized carbons (Fsp3) is 0.458. The number of halogens is 4. The molecule has 2 fully saturated rings. The molecule has 2 aliphatic rings. The molecule has 0 radical (unpaired) electrons. The first-order valence-electron chi connectivity index (χ1n) is 11.4. The highest BCUT2D eigenvalue weighted by atomic mass is 19.4. The first-order chi connectivity index (χ1) is 16.2. The predicted molar refractivity (Wildman–Crippen MR) is 118 cm³/mol. The van der Waals surface area contributed by atoms with Gasteiger partial charge in [0.05, 0.1) is 16.7 Å². The zero-order chi connectivity index (χ0) is 24.3. The van der Waals surface area contributed by atoms with Crippen molar-refractivity contribution < 1.29 is 27.2 Å². The number of amides is 2. The van der Waals surface area contributed by atoms with E-state index >= 15 is 0 Å². The van der Waals surface area contributed by atoms with Crippen LogP contribution in [0.2, 0.25) is 0 Å². The Kier molecular flexibility index (Phi) is 7.04. The average molecular weight is 478 g/mol. The summed E-state index contributed by atoms with van der Waals surface area (Å²) in [7, 11) is 0. The quantitative estimate of drug-likeness (QED) is 0.635. The maximum absolute atomic E-state index is 13.6. The van der Waals surface area contributed by atoms with Gasteiger partial charge in [0, 0.05) is 38.9 Å². The first-order valence-corrected chi connectivity index (χ1v) is 11.4. The second kappa shape index (κ2) is 9.99. The van der Waals surface area contributed by atoms with Crippen LogP contribution in [0.3, 0.4) is 0 Å². The summed E-state index contributed by atoms with van der Waals surface area (Å²) in [5.41, 5.74) is -1.38. The molecule has 1 aliphatic carbocycles. The van der Waals surface area contributed by atoms with E-state index in [0.29, 0.717) is 55.1 Å². The van der Waals surface area contributed by atoms with Crippen LogP contribution in [0.15, 0.2) is 36.5 Å². The van der Waals surface area contributed by atoms with Crippen molar-refractivity contribution in [3.8, 4) is 0 Å². The molecule has 0 unspecified atom stereocenters. The van der Waals surface area contributed by atoms with Gasteiger partial charge in [0.1, 0.15) is 11.6 Å². The standard InChI is InChI=1S/C24H26F4N4O2/c25-18-5-6-20(24(26,27)28)19(14-18)23(34)32-12-10-31(11-13-32)21-7-4-17(15-30-21)22(33)29-9-8-16-2-1-3-16/h4-7,14-16H,1-3,8-13H2,(H,29,33). The third kappa shape index (κ3) is 5.48. The first kappa shape index (κ1) is 24.0. The zero-order valence-electron chi connectivity index (χ0n) is 18.6. The molecule has 1 saturated carbocycles. The van der Waals surface area contributed by atoms with Crippen LogP contribution in [0, 0.1) is 11.7 Å². The van der Waals surface area contributed by atoms with Crippen LogP contribution >= 0.6 is 0 Å². The van der Waals surface area contributed by atoms with Crippen LogP contribution in [0.25, 0.3) is 0 Å². The summed E-state index contributed by atoms with van der Waals surface area (Å²) in [6, 6.07) is 5.32. The van der Waals surface area contributed by atoms with Gasteiger partial charge in [-0.1, -0.05) is 19.3 Å². The molecule has 6 nitrogen and oxygen atoms in total. The fourth-order valence-electron chi connectivity index (χ4n) is 4.23. The van der Waals surface area contributed by atoms with Crippen LogP contribution in [0.5, 0.6) is 0 Å². The van der Waals surface area contributed by atoms with E-state index in [9.17, 15) is 27.2 Å². The van der Waals surface area contributed by atoms with E-state index in [-0.39, 0.29) is 19.0 Å². The normalized spacial score (nSPS) is 16.8. The number of aromatic nitrogens is 1. The van der Waals surface area contributed by atoms with Crippen molar-refractivity contribution in [3.05, 3.63) is 59.0 Å². The number of hydrogen-bond donors (Lipinski definition) is 1. The number of rotatable bonds is 6. The Bertz CT molecular complexity index is 1030. The summed E-state index contributed by atoms with van der Waals surface area (Å²) < 4.78 is 53.4. The molecule has 2 heterocycles. The van der Waals surface area contributed by atoms with Crippen molar-refractivity contribution in [1.82, 2.24) is 15.2 Å². The Morgan fingerprint density at radius 2 is 1.79 bits per heavy atom. The smallest absolute Gasteiger partial charge is 0.353 e. The molecular weight excluding hydrogens is 452 g/mol. The molecule has 34 heavy (non-hydrogen) atoms. The average Bonchev–Trinajstić information content (AvgIpc) is 2.79. The molecule has 4 rings (SSSR count). The Labute approximate surface area is 194 Å². The number of benzene rings is 1. The van der Waals surface area contributed by atoms with E-state index in [2.05, 4.69) is 10.3 Å². The third-order valence-electron chi connectivity index (χ3n) is 6.48. The van der Waals surface area contributed by atoms with Crippen LogP contribution < -0.4 is 10.2 Å². The lowest BCUT2D eigenvalue weighted by Crippen LogP contribution is -2.49. The molecule has 1 saturated heterocycles. The minimum absolute atomic E-state index is 0.164.